The number of alkyl halides is 3. The predicted molar refractivity (Wildman–Crippen MR) is 65.1 cm³/mol. The summed E-state index contributed by atoms with van der Waals surface area (Å²) in [5.74, 6) is -0.282. The Morgan fingerprint density at radius 1 is 1.40 bits per heavy atom. The standard InChI is InChI=1S/C13H15F3N2O2/c14-13(15,16)8-12(19)18-7-1-2-11(9-18)20-10-3-5-17-6-4-10/h3-6,11H,1-2,7-9H2/t11-/m1/s1. The van der Waals surface area contributed by atoms with E-state index in [-0.39, 0.29) is 12.6 Å². The van der Waals surface area contributed by atoms with Crippen molar-refractivity contribution in [2.45, 2.75) is 31.5 Å². The van der Waals surface area contributed by atoms with Crippen molar-refractivity contribution < 1.29 is 22.7 Å². The fourth-order valence-corrected chi connectivity index (χ4v) is 2.15. The lowest BCUT2D eigenvalue weighted by Crippen LogP contribution is -2.45. The first-order valence-corrected chi connectivity index (χ1v) is 6.35. The molecule has 1 aromatic rings. The molecule has 1 atom stereocenters. The van der Waals surface area contributed by atoms with Crippen molar-refractivity contribution in [3.05, 3.63) is 24.5 Å². The number of rotatable bonds is 3. The minimum atomic E-state index is -4.46. The highest BCUT2D eigenvalue weighted by Crippen LogP contribution is 2.23. The summed E-state index contributed by atoms with van der Waals surface area (Å²) in [5.41, 5.74) is 0. The molecule has 0 N–H and O–H groups in total. The number of hydrogen-bond acceptors (Lipinski definition) is 3. The molecular weight excluding hydrogens is 273 g/mol. The molecule has 0 aromatic carbocycles. The summed E-state index contributed by atoms with van der Waals surface area (Å²) in [6.45, 7) is 0.544. The molecule has 0 saturated carbocycles. The number of carbonyl (C=O) groups excluding carboxylic acids is 1. The molecule has 110 valence electrons. The number of nitrogens with zero attached hydrogens (tertiary/aromatic N) is 2. The number of aromatic nitrogens is 1. The van der Waals surface area contributed by atoms with Crippen LogP contribution in [0.4, 0.5) is 13.2 Å². The Morgan fingerprint density at radius 3 is 2.75 bits per heavy atom. The molecular formula is C13H15F3N2O2. The summed E-state index contributed by atoms with van der Waals surface area (Å²) in [6.07, 6.45) is -1.64. The van der Waals surface area contributed by atoms with E-state index < -0.39 is 18.5 Å². The summed E-state index contributed by atoms with van der Waals surface area (Å²) in [5, 5.41) is 0. The number of halogens is 3. The largest absolute Gasteiger partial charge is 0.488 e. The summed E-state index contributed by atoms with van der Waals surface area (Å²) in [6, 6.07) is 3.35. The minimum Gasteiger partial charge on any atom is -0.488 e. The van der Waals surface area contributed by atoms with Gasteiger partial charge >= 0.3 is 6.18 Å². The number of likely N-dealkylation sites (tertiary alicyclic amines) is 1. The van der Waals surface area contributed by atoms with Gasteiger partial charge in [0, 0.05) is 18.9 Å². The quantitative estimate of drug-likeness (QED) is 0.857. The highest BCUT2D eigenvalue weighted by Gasteiger charge is 2.35. The van der Waals surface area contributed by atoms with Crippen LogP contribution < -0.4 is 4.74 Å². The Balaban J connectivity index is 1.90. The Kier molecular flexibility index (Phi) is 4.46. The first-order chi connectivity index (χ1) is 9.44. The van der Waals surface area contributed by atoms with Gasteiger partial charge in [0.1, 0.15) is 18.3 Å². The van der Waals surface area contributed by atoms with Crippen molar-refractivity contribution in [2.75, 3.05) is 13.1 Å². The lowest BCUT2D eigenvalue weighted by Gasteiger charge is -2.33. The second-order valence-corrected chi connectivity index (χ2v) is 4.70. The third kappa shape index (κ3) is 4.40. The zero-order chi connectivity index (χ0) is 14.6. The zero-order valence-corrected chi connectivity index (χ0v) is 10.8. The summed E-state index contributed by atoms with van der Waals surface area (Å²) in [4.78, 5) is 16.6. The topological polar surface area (TPSA) is 42.4 Å². The first-order valence-electron chi connectivity index (χ1n) is 6.35. The van der Waals surface area contributed by atoms with E-state index >= 15 is 0 Å². The molecule has 1 aliphatic heterocycles. The monoisotopic (exact) mass is 288 g/mol. The third-order valence-electron chi connectivity index (χ3n) is 3.04. The highest BCUT2D eigenvalue weighted by atomic mass is 19.4. The lowest BCUT2D eigenvalue weighted by molar-refractivity contribution is -0.163. The van der Waals surface area contributed by atoms with Crippen LogP contribution in [-0.4, -0.2) is 41.2 Å². The van der Waals surface area contributed by atoms with Gasteiger partial charge in [-0.2, -0.15) is 13.2 Å². The van der Waals surface area contributed by atoms with Gasteiger partial charge in [0.25, 0.3) is 0 Å². The second kappa shape index (κ2) is 6.11. The Morgan fingerprint density at radius 2 is 2.10 bits per heavy atom. The van der Waals surface area contributed by atoms with Gasteiger partial charge in [-0.15, -0.1) is 0 Å². The van der Waals surface area contributed by atoms with E-state index in [0.717, 1.165) is 6.42 Å². The molecule has 0 radical (unpaired) electrons. The minimum absolute atomic E-state index is 0.192. The van der Waals surface area contributed by atoms with Crippen molar-refractivity contribution >= 4 is 5.91 Å². The molecule has 1 fully saturated rings. The van der Waals surface area contributed by atoms with E-state index in [9.17, 15) is 18.0 Å². The molecule has 0 aliphatic carbocycles. The summed E-state index contributed by atoms with van der Waals surface area (Å²) >= 11 is 0. The van der Waals surface area contributed by atoms with Crippen LogP contribution in [0.2, 0.25) is 0 Å². The van der Waals surface area contributed by atoms with E-state index in [0.29, 0.717) is 18.7 Å². The number of hydrogen-bond donors (Lipinski definition) is 0. The number of piperidine rings is 1. The molecule has 7 heteroatoms. The van der Waals surface area contributed by atoms with E-state index in [4.69, 9.17) is 4.74 Å². The molecule has 2 heterocycles. The molecule has 1 aliphatic rings. The van der Waals surface area contributed by atoms with Gasteiger partial charge in [-0.25, -0.2) is 0 Å². The molecule has 0 bridgehead atoms. The number of pyridine rings is 1. The van der Waals surface area contributed by atoms with Gasteiger partial charge in [-0.3, -0.25) is 9.78 Å². The van der Waals surface area contributed by atoms with Crippen LogP contribution in [0.1, 0.15) is 19.3 Å². The Labute approximate surface area is 114 Å². The fraction of sp³-hybridized carbons (Fsp3) is 0.538. The van der Waals surface area contributed by atoms with Gasteiger partial charge in [0.2, 0.25) is 5.91 Å². The van der Waals surface area contributed by atoms with Crippen LogP contribution in [0.25, 0.3) is 0 Å². The lowest BCUT2D eigenvalue weighted by atomic mass is 10.1. The van der Waals surface area contributed by atoms with E-state index in [1.54, 1.807) is 24.5 Å². The zero-order valence-electron chi connectivity index (χ0n) is 10.8. The second-order valence-electron chi connectivity index (χ2n) is 4.70. The normalized spacial score (nSPS) is 19.8. The van der Waals surface area contributed by atoms with Crippen LogP contribution in [0.15, 0.2) is 24.5 Å². The van der Waals surface area contributed by atoms with E-state index in [2.05, 4.69) is 4.98 Å². The maximum absolute atomic E-state index is 12.2. The molecule has 1 saturated heterocycles. The summed E-state index contributed by atoms with van der Waals surface area (Å²) < 4.78 is 42.3. The van der Waals surface area contributed by atoms with Crippen molar-refractivity contribution in [2.24, 2.45) is 0 Å². The maximum Gasteiger partial charge on any atom is 0.397 e. The third-order valence-corrected chi connectivity index (χ3v) is 3.04. The molecule has 1 amide bonds. The number of amides is 1. The van der Waals surface area contributed by atoms with Gasteiger partial charge in [0.05, 0.1) is 6.54 Å². The molecule has 1 aromatic heterocycles. The number of ether oxygens (including phenoxy) is 1. The molecule has 20 heavy (non-hydrogen) atoms. The molecule has 2 rings (SSSR count). The van der Waals surface area contributed by atoms with Gasteiger partial charge < -0.3 is 9.64 Å². The Bertz CT molecular complexity index is 451. The SMILES string of the molecule is O=C(CC(F)(F)F)N1CCC[C@@H](Oc2ccncc2)C1. The number of carbonyl (C=O) groups is 1. The van der Waals surface area contributed by atoms with E-state index in [1.807, 2.05) is 0 Å². The van der Waals surface area contributed by atoms with Crippen molar-refractivity contribution in [3.8, 4) is 5.75 Å². The molecule has 4 nitrogen and oxygen atoms in total. The molecule has 0 unspecified atom stereocenters. The average Bonchev–Trinajstić information content (AvgIpc) is 2.38. The van der Waals surface area contributed by atoms with Crippen LogP contribution >= 0.6 is 0 Å². The van der Waals surface area contributed by atoms with Crippen molar-refractivity contribution in [1.82, 2.24) is 9.88 Å². The van der Waals surface area contributed by atoms with Crippen LogP contribution in [0.5, 0.6) is 5.75 Å². The van der Waals surface area contributed by atoms with Crippen LogP contribution in [-0.2, 0) is 4.79 Å². The van der Waals surface area contributed by atoms with Gasteiger partial charge in [-0.05, 0) is 25.0 Å². The molecule has 0 spiro atoms. The van der Waals surface area contributed by atoms with Crippen molar-refractivity contribution in [1.29, 1.82) is 0 Å². The predicted octanol–water partition coefficient (Wildman–Crippen LogP) is 2.40. The van der Waals surface area contributed by atoms with Gasteiger partial charge in [-0.1, -0.05) is 0 Å². The smallest absolute Gasteiger partial charge is 0.397 e. The highest BCUT2D eigenvalue weighted by molar-refractivity contribution is 5.77. The van der Waals surface area contributed by atoms with Gasteiger partial charge in [0.15, 0.2) is 0 Å². The first kappa shape index (κ1) is 14.6. The summed E-state index contributed by atoms with van der Waals surface area (Å²) in [7, 11) is 0. The Hall–Kier alpha value is -1.79. The average molecular weight is 288 g/mol. The van der Waals surface area contributed by atoms with E-state index in [1.165, 1.54) is 4.90 Å². The fourth-order valence-electron chi connectivity index (χ4n) is 2.15. The van der Waals surface area contributed by atoms with Crippen molar-refractivity contribution in [3.63, 3.8) is 0 Å². The van der Waals surface area contributed by atoms with Crippen LogP contribution in [0.3, 0.4) is 0 Å². The van der Waals surface area contributed by atoms with Crippen LogP contribution in [0, 0.1) is 0 Å². The maximum atomic E-state index is 12.2.